The molecule has 1 unspecified atom stereocenters. The Morgan fingerprint density at radius 3 is 2.87 bits per heavy atom. The lowest BCUT2D eigenvalue weighted by molar-refractivity contribution is -0.147. The van der Waals surface area contributed by atoms with Gasteiger partial charge in [0.1, 0.15) is 10.7 Å². The minimum absolute atomic E-state index is 0.128. The number of fused-ring (bicyclic) bond motifs is 1. The van der Waals surface area contributed by atoms with Gasteiger partial charge in [0.25, 0.3) is 10.0 Å². The zero-order valence-electron chi connectivity index (χ0n) is 16.6. The smallest absolute Gasteiger partial charge is 0.266 e. The average Bonchev–Trinajstić information content (AvgIpc) is 3.48. The van der Waals surface area contributed by atoms with Gasteiger partial charge in [0.05, 0.1) is 30.5 Å². The van der Waals surface area contributed by atoms with Crippen LogP contribution in [0, 0.1) is 5.82 Å². The number of thiazole rings is 1. The summed E-state index contributed by atoms with van der Waals surface area (Å²) >= 11 is 7.44. The van der Waals surface area contributed by atoms with Gasteiger partial charge in [0, 0.05) is 30.1 Å². The van der Waals surface area contributed by atoms with Gasteiger partial charge in [-0.05, 0) is 31.5 Å². The largest absolute Gasteiger partial charge is 0.382 e. The van der Waals surface area contributed by atoms with Gasteiger partial charge in [-0.1, -0.05) is 11.6 Å². The predicted molar refractivity (Wildman–Crippen MR) is 116 cm³/mol. The predicted octanol–water partition coefficient (Wildman–Crippen LogP) is 3.13. The molecule has 0 aliphatic carbocycles. The third-order valence-corrected chi connectivity index (χ3v) is 8.64. The monoisotopic (exact) mass is 488 g/mol. The van der Waals surface area contributed by atoms with E-state index in [4.69, 9.17) is 21.1 Å². The first-order valence-electron chi connectivity index (χ1n) is 9.99. The molecule has 5 rings (SSSR count). The fourth-order valence-electron chi connectivity index (χ4n) is 4.82. The summed E-state index contributed by atoms with van der Waals surface area (Å²) in [6.45, 7) is 3.40. The van der Waals surface area contributed by atoms with Crippen LogP contribution < -0.4 is 10.0 Å². The third-order valence-electron chi connectivity index (χ3n) is 6.16. The van der Waals surface area contributed by atoms with Crippen LogP contribution in [0.5, 0.6) is 0 Å². The van der Waals surface area contributed by atoms with Crippen molar-refractivity contribution in [2.75, 3.05) is 42.9 Å². The zero-order valence-corrected chi connectivity index (χ0v) is 19.0. The fourth-order valence-corrected chi connectivity index (χ4v) is 6.99. The minimum atomic E-state index is -4.15. The molecule has 0 saturated carbocycles. The van der Waals surface area contributed by atoms with Gasteiger partial charge in [0.15, 0.2) is 10.9 Å². The highest BCUT2D eigenvalue weighted by molar-refractivity contribution is 7.93. The molecule has 1 spiro atoms. The molecule has 168 valence electrons. The van der Waals surface area contributed by atoms with Crippen LogP contribution in [0.2, 0.25) is 5.02 Å². The number of anilines is 2. The Hall–Kier alpha value is -1.50. The molecule has 31 heavy (non-hydrogen) atoms. The Bertz CT molecular complexity index is 1080. The molecule has 1 aromatic carbocycles. The topological polar surface area (TPSA) is 92.8 Å². The third kappa shape index (κ3) is 3.91. The second-order valence-electron chi connectivity index (χ2n) is 8.09. The molecular weight excluding hydrogens is 467 g/mol. The van der Waals surface area contributed by atoms with Crippen molar-refractivity contribution in [2.45, 2.75) is 35.5 Å². The molecule has 3 aliphatic heterocycles. The number of hydrogen-bond acceptors (Lipinski definition) is 8. The average molecular weight is 489 g/mol. The van der Waals surface area contributed by atoms with Crippen molar-refractivity contribution in [1.29, 1.82) is 0 Å². The maximum atomic E-state index is 14.8. The van der Waals surface area contributed by atoms with Gasteiger partial charge in [-0.2, -0.15) is 0 Å². The second kappa shape index (κ2) is 7.82. The van der Waals surface area contributed by atoms with Gasteiger partial charge in [-0.15, -0.1) is 11.3 Å². The molecule has 0 radical (unpaired) electrons. The van der Waals surface area contributed by atoms with Crippen molar-refractivity contribution in [3.63, 3.8) is 0 Å². The summed E-state index contributed by atoms with van der Waals surface area (Å²) in [5.74, 6) is -1.45. The zero-order chi connectivity index (χ0) is 21.7. The van der Waals surface area contributed by atoms with Crippen LogP contribution in [0.1, 0.15) is 19.3 Å². The Kier molecular flexibility index (Phi) is 5.39. The molecular formula is C19H22ClFN4O4S2. The molecule has 1 aromatic heterocycles. The van der Waals surface area contributed by atoms with E-state index in [2.05, 4.69) is 19.9 Å². The molecule has 2 N–H and O–H groups in total. The Balaban J connectivity index is 1.34. The molecule has 4 heterocycles. The molecule has 2 aromatic rings. The van der Waals surface area contributed by atoms with E-state index < -0.39 is 26.5 Å². The summed E-state index contributed by atoms with van der Waals surface area (Å²) in [6, 6.07) is 2.25. The van der Waals surface area contributed by atoms with Crippen molar-refractivity contribution in [3.05, 3.63) is 34.5 Å². The van der Waals surface area contributed by atoms with E-state index in [0.29, 0.717) is 25.4 Å². The van der Waals surface area contributed by atoms with Gasteiger partial charge >= 0.3 is 0 Å². The molecule has 1 atom stereocenters. The standard InChI is InChI=1S/C19H22ClFN4O4S2/c20-13-8-16(31(26,27)24-17-22-3-7-30-17)14(21)9-15(13)23-11-18-2-1-4-25(18)12-19(10-18)28-5-6-29-19/h3,7-9,23H,1-2,4-6,10-12H2,(H,22,24). The van der Waals surface area contributed by atoms with E-state index >= 15 is 0 Å². The summed E-state index contributed by atoms with van der Waals surface area (Å²) < 4.78 is 53.9. The van der Waals surface area contributed by atoms with Crippen LogP contribution in [0.15, 0.2) is 28.6 Å². The number of aromatic nitrogens is 1. The highest BCUT2D eigenvalue weighted by Gasteiger charge is 2.58. The quantitative estimate of drug-likeness (QED) is 0.645. The highest BCUT2D eigenvalue weighted by Crippen LogP contribution is 2.47. The fraction of sp³-hybridized carbons (Fsp3) is 0.526. The van der Waals surface area contributed by atoms with Crippen LogP contribution in [-0.4, -0.2) is 62.5 Å². The van der Waals surface area contributed by atoms with Crippen molar-refractivity contribution in [2.24, 2.45) is 0 Å². The lowest BCUT2D eigenvalue weighted by Gasteiger charge is -2.32. The van der Waals surface area contributed by atoms with E-state index in [0.717, 1.165) is 55.8 Å². The number of sulfonamides is 1. The summed E-state index contributed by atoms with van der Waals surface area (Å²) in [5, 5.41) is 5.14. The number of hydrogen-bond donors (Lipinski definition) is 2. The van der Waals surface area contributed by atoms with E-state index in [9.17, 15) is 12.8 Å². The summed E-state index contributed by atoms with van der Waals surface area (Å²) in [6.07, 6.45) is 4.23. The van der Waals surface area contributed by atoms with Gasteiger partial charge < -0.3 is 14.8 Å². The van der Waals surface area contributed by atoms with Crippen molar-refractivity contribution < 1.29 is 22.3 Å². The number of halogens is 2. The molecule has 3 fully saturated rings. The first kappa shape index (κ1) is 21.4. The molecule has 3 saturated heterocycles. The van der Waals surface area contributed by atoms with E-state index in [1.165, 1.54) is 6.20 Å². The maximum absolute atomic E-state index is 14.8. The summed E-state index contributed by atoms with van der Waals surface area (Å²) in [7, 11) is -4.15. The second-order valence-corrected chi connectivity index (χ2v) is 11.0. The van der Waals surface area contributed by atoms with Crippen LogP contribution in [0.4, 0.5) is 15.2 Å². The highest BCUT2D eigenvalue weighted by atomic mass is 35.5. The van der Waals surface area contributed by atoms with Crippen LogP contribution in [-0.2, 0) is 19.5 Å². The van der Waals surface area contributed by atoms with Crippen molar-refractivity contribution >= 4 is 43.8 Å². The lowest BCUT2D eigenvalue weighted by Crippen LogP contribution is -2.44. The molecule has 0 bridgehead atoms. The summed E-state index contributed by atoms with van der Waals surface area (Å²) in [5.41, 5.74) is 0.184. The van der Waals surface area contributed by atoms with Crippen molar-refractivity contribution in [3.8, 4) is 0 Å². The first-order valence-corrected chi connectivity index (χ1v) is 12.7. The van der Waals surface area contributed by atoms with Crippen molar-refractivity contribution in [1.82, 2.24) is 9.88 Å². The van der Waals surface area contributed by atoms with Crippen LogP contribution in [0.25, 0.3) is 0 Å². The van der Waals surface area contributed by atoms with Gasteiger partial charge in [-0.25, -0.2) is 17.8 Å². The Morgan fingerprint density at radius 1 is 1.32 bits per heavy atom. The number of nitrogens with one attached hydrogen (secondary N) is 2. The summed E-state index contributed by atoms with van der Waals surface area (Å²) in [4.78, 5) is 5.71. The van der Waals surface area contributed by atoms with Gasteiger partial charge in [0.2, 0.25) is 0 Å². The lowest BCUT2D eigenvalue weighted by atomic mass is 9.92. The van der Waals surface area contributed by atoms with E-state index in [1.807, 2.05) is 0 Å². The number of benzene rings is 1. The van der Waals surface area contributed by atoms with E-state index in [-0.39, 0.29) is 15.7 Å². The minimum Gasteiger partial charge on any atom is -0.382 e. The normalized spacial score (nSPS) is 25.2. The van der Waals surface area contributed by atoms with Crippen LogP contribution in [0.3, 0.4) is 0 Å². The molecule has 0 amide bonds. The number of rotatable bonds is 6. The number of ether oxygens (including phenoxy) is 2. The Morgan fingerprint density at radius 2 is 2.13 bits per heavy atom. The molecule has 8 nitrogen and oxygen atoms in total. The molecule has 12 heteroatoms. The van der Waals surface area contributed by atoms with Crippen LogP contribution >= 0.6 is 22.9 Å². The first-order chi connectivity index (χ1) is 14.8. The van der Waals surface area contributed by atoms with Gasteiger partial charge in [-0.3, -0.25) is 9.62 Å². The molecule has 3 aliphatic rings. The SMILES string of the molecule is O=S(=O)(Nc1nccs1)c1cc(Cl)c(NCC23CCCN2CC2(C3)OCCO2)cc1F. The van der Waals surface area contributed by atoms with E-state index in [1.54, 1.807) is 5.38 Å². The maximum Gasteiger partial charge on any atom is 0.266 e. The Labute approximate surface area is 188 Å². The number of nitrogens with zero attached hydrogens (tertiary/aromatic N) is 2.